The molecule has 0 aromatic carbocycles. The first-order valence-electron chi connectivity index (χ1n) is 5.49. The molecule has 0 aromatic heterocycles. The summed E-state index contributed by atoms with van der Waals surface area (Å²) in [5.74, 6) is 0. The monoisotopic (exact) mass is 241 g/mol. The summed E-state index contributed by atoms with van der Waals surface area (Å²) in [7, 11) is 0. The first kappa shape index (κ1) is 13.7. The molecule has 16 heavy (non-hydrogen) atoms. The van der Waals surface area contributed by atoms with E-state index >= 15 is 0 Å². The van der Waals surface area contributed by atoms with Crippen LogP contribution >= 0.6 is 0 Å². The summed E-state index contributed by atoms with van der Waals surface area (Å²) < 4.78 is 44.9. The summed E-state index contributed by atoms with van der Waals surface area (Å²) in [6.45, 7) is -1.03. The van der Waals surface area contributed by atoms with E-state index in [0.717, 1.165) is 25.7 Å². The van der Waals surface area contributed by atoms with Crippen LogP contribution in [0.15, 0.2) is 0 Å². The van der Waals surface area contributed by atoms with E-state index in [1.165, 1.54) is 0 Å². The fourth-order valence-electron chi connectivity index (χ4n) is 1.79. The first-order chi connectivity index (χ1) is 7.47. The molecule has 0 amide bonds. The van der Waals surface area contributed by atoms with Crippen LogP contribution in [0.1, 0.15) is 25.7 Å². The summed E-state index contributed by atoms with van der Waals surface area (Å²) in [5.41, 5.74) is 5.75. The number of halogens is 3. The molecule has 2 atom stereocenters. The fourth-order valence-corrected chi connectivity index (χ4v) is 1.79. The molecule has 0 aliphatic heterocycles. The molecule has 6 heteroatoms. The normalized spacial score (nSPS) is 27.0. The molecule has 0 spiro atoms. The second-order valence-electron chi connectivity index (χ2n) is 4.09. The lowest BCUT2D eigenvalue weighted by Gasteiger charge is -2.26. The third-order valence-corrected chi connectivity index (χ3v) is 2.51. The van der Waals surface area contributed by atoms with Crippen molar-refractivity contribution in [1.82, 2.24) is 0 Å². The lowest BCUT2D eigenvalue weighted by Crippen LogP contribution is -2.32. The number of alkyl halides is 3. The average Bonchev–Trinajstić information content (AvgIpc) is 2.15. The summed E-state index contributed by atoms with van der Waals surface area (Å²) >= 11 is 0. The van der Waals surface area contributed by atoms with Crippen LogP contribution in [-0.2, 0) is 9.47 Å². The van der Waals surface area contributed by atoms with Gasteiger partial charge in [-0.2, -0.15) is 13.2 Å². The van der Waals surface area contributed by atoms with Gasteiger partial charge in [-0.25, -0.2) is 0 Å². The van der Waals surface area contributed by atoms with Crippen LogP contribution in [0, 0.1) is 0 Å². The standard InChI is InChI=1S/C10H18F3NO2/c11-10(12,13)7-15-4-5-16-9-3-1-2-8(14)6-9/h8-9H,1-7,14H2. The molecule has 0 bridgehead atoms. The van der Waals surface area contributed by atoms with Gasteiger partial charge in [0.1, 0.15) is 6.61 Å². The lowest BCUT2D eigenvalue weighted by molar-refractivity contribution is -0.177. The summed E-state index contributed by atoms with van der Waals surface area (Å²) in [4.78, 5) is 0. The Morgan fingerprint density at radius 2 is 1.94 bits per heavy atom. The minimum absolute atomic E-state index is 0.0226. The van der Waals surface area contributed by atoms with Crippen molar-refractivity contribution in [2.75, 3.05) is 19.8 Å². The Morgan fingerprint density at radius 3 is 2.56 bits per heavy atom. The highest BCUT2D eigenvalue weighted by Crippen LogP contribution is 2.19. The smallest absolute Gasteiger partial charge is 0.376 e. The molecular weight excluding hydrogens is 223 g/mol. The van der Waals surface area contributed by atoms with Crippen molar-refractivity contribution < 1.29 is 22.6 Å². The number of nitrogens with two attached hydrogens (primary N) is 1. The van der Waals surface area contributed by atoms with Gasteiger partial charge in [0.25, 0.3) is 0 Å². The zero-order valence-corrected chi connectivity index (χ0v) is 9.13. The molecule has 0 radical (unpaired) electrons. The van der Waals surface area contributed by atoms with Crippen molar-refractivity contribution in [3.63, 3.8) is 0 Å². The van der Waals surface area contributed by atoms with Crippen LogP contribution in [-0.4, -0.2) is 38.1 Å². The maximum Gasteiger partial charge on any atom is 0.411 e. The quantitative estimate of drug-likeness (QED) is 0.747. The van der Waals surface area contributed by atoms with E-state index < -0.39 is 12.8 Å². The van der Waals surface area contributed by atoms with E-state index in [4.69, 9.17) is 10.5 Å². The second-order valence-corrected chi connectivity index (χ2v) is 4.09. The van der Waals surface area contributed by atoms with Gasteiger partial charge >= 0.3 is 6.18 Å². The zero-order chi connectivity index (χ0) is 12.0. The van der Waals surface area contributed by atoms with E-state index in [9.17, 15) is 13.2 Å². The van der Waals surface area contributed by atoms with Crippen LogP contribution < -0.4 is 5.73 Å². The summed E-state index contributed by atoms with van der Waals surface area (Å²) in [5, 5.41) is 0. The number of hydrogen-bond donors (Lipinski definition) is 1. The van der Waals surface area contributed by atoms with Gasteiger partial charge in [-0.1, -0.05) is 0 Å². The SMILES string of the molecule is NC1CCCC(OCCOCC(F)(F)F)C1. The van der Waals surface area contributed by atoms with Crippen LogP contribution in [0.4, 0.5) is 13.2 Å². The zero-order valence-electron chi connectivity index (χ0n) is 9.13. The molecule has 0 aromatic rings. The van der Waals surface area contributed by atoms with Crippen molar-refractivity contribution in [3.8, 4) is 0 Å². The van der Waals surface area contributed by atoms with E-state index in [0.29, 0.717) is 0 Å². The Balaban J connectivity index is 1.98. The molecule has 1 aliphatic rings. The van der Waals surface area contributed by atoms with E-state index in [1.54, 1.807) is 0 Å². The predicted molar refractivity (Wildman–Crippen MR) is 53.1 cm³/mol. The average molecular weight is 241 g/mol. The molecule has 1 rings (SSSR count). The molecule has 2 unspecified atom stereocenters. The second kappa shape index (κ2) is 6.42. The molecule has 0 saturated heterocycles. The topological polar surface area (TPSA) is 44.5 Å². The van der Waals surface area contributed by atoms with Gasteiger partial charge in [0.05, 0.1) is 19.3 Å². The molecule has 0 heterocycles. The van der Waals surface area contributed by atoms with Gasteiger partial charge in [0.15, 0.2) is 0 Å². The number of ether oxygens (including phenoxy) is 2. The third-order valence-electron chi connectivity index (χ3n) is 2.51. The van der Waals surface area contributed by atoms with Crippen LogP contribution in [0.3, 0.4) is 0 Å². The van der Waals surface area contributed by atoms with Gasteiger partial charge in [-0.05, 0) is 25.7 Å². The predicted octanol–water partition coefficient (Wildman–Crippen LogP) is 1.85. The van der Waals surface area contributed by atoms with Crippen molar-refractivity contribution in [1.29, 1.82) is 0 Å². The molecule has 2 N–H and O–H groups in total. The molecule has 96 valence electrons. The van der Waals surface area contributed by atoms with Crippen LogP contribution in [0.5, 0.6) is 0 Å². The van der Waals surface area contributed by atoms with Crippen molar-refractivity contribution in [3.05, 3.63) is 0 Å². The minimum Gasteiger partial charge on any atom is -0.376 e. The van der Waals surface area contributed by atoms with E-state index in [1.807, 2.05) is 0 Å². The Labute approximate surface area is 93.1 Å². The lowest BCUT2D eigenvalue weighted by atomic mass is 9.94. The molecular formula is C10H18F3NO2. The Morgan fingerprint density at radius 1 is 1.19 bits per heavy atom. The summed E-state index contributed by atoms with van der Waals surface area (Å²) in [6.07, 6.45) is -0.419. The van der Waals surface area contributed by atoms with Crippen LogP contribution in [0.2, 0.25) is 0 Å². The number of hydrogen-bond acceptors (Lipinski definition) is 3. The molecule has 1 aliphatic carbocycles. The highest BCUT2D eigenvalue weighted by atomic mass is 19.4. The van der Waals surface area contributed by atoms with Crippen molar-refractivity contribution in [2.24, 2.45) is 5.73 Å². The Hall–Kier alpha value is -0.330. The van der Waals surface area contributed by atoms with Crippen LogP contribution in [0.25, 0.3) is 0 Å². The maximum absolute atomic E-state index is 11.7. The van der Waals surface area contributed by atoms with Gasteiger partial charge in [0, 0.05) is 6.04 Å². The van der Waals surface area contributed by atoms with E-state index in [-0.39, 0.29) is 25.4 Å². The van der Waals surface area contributed by atoms with Gasteiger partial charge in [0.2, 0.25) is 0 Å². The number of rotatable bonds is 5. The van der Waals surface area contributed by atoms with Gasteiger partial charge in [-0.15, -0.1) is 0 Å². The van der Waals surface area contributed by atoms with E-state index in [2.05, 4.69) is 4.74 Å². The largest absolute Gasteiger partial charge is 0.411 e. The van der Waals surface area contributed by atoms with Gasteiger partial charge < -0.3 is 15.2 Å². The minimum atomic E-state index is -4.26. The summed E-state index contributed by atoms with van der Waals surface area (Å²) in [6, 6.07) is 0.162. The highest BCUT2D eigenvalue weighted by molar-refractivity contribution is 4.75. The molecule has 1 fully saturated rings. The van der Waals surface area contributed by atoms with Crippen molar-refractivity contribution >= 4 is 0 Å². The first-order valence-corrected chi connectivity index (χ1v) is 5.49. The van der Waals surface area contributed by atoms with Crippen molar-refractivity contribution in [2.45, 2.75) is 44.0 Å². The highest BCUT2D eigenvalue weighted by Gasteiger charge is 2.27. The van der Waals surface area contributed by atoms with Gasteiger partial charge in [-0.3, -0.25) is 0 Å². The fraction of sp³-hybridized carbons (Fsp3) is 1.00. The Bertz CT molecular complexity index is 199. The Kier molecular flexibility index (Phi) is 5.51. The molecule has 3 nitrogen and oxygen atoms in total. The maximum atomic E-state index is 11.7. The third kappa shape index (κ3) is 6.30. The molecule has 1 saturated carbocycles.